The van der Waals surface area contributed by atoms with E-state index in [4.69, 9.17) is 16.3 Å². The van der Waals surface area contributed by atoms with Gasteiger partial charge in [-0.3, -0.25) is 0 Å². The van der Waals surface area contributed by atoms with Gasteiger partial charge >= 0.3 is 0 Å². The molecule has 0 aliphatic rings. The van der Waals surface area contributed by atoms with Crippen molar-refractivity contribution >= 4 is 21.6 Å². The second-order valence-electron chi connectivity index (χ2n) is 4.57. The van der Waals surface area contributed by atoms with Gasteiger partial charge in [-0.25, -0.2) is 8.42 Å². The fraction of sp³-hybridized carbons (Fsp3) is 0.538. The van der Waals surface area contributed by atoms with E-state index < -0.39 is 10.0 Å². The first-order valence-electron chi connectivity index (χ1n) is 5.97. The van der Waals surface area contributed by atoms with Gasteiger partial charge in [-0.15, -0.1) is 11.6 Å². The molecule has 0 N–H and O–H groups in total. The van der Waals surface area contributed by atoms with E-state index in [0.29, 0.717) is 22.9 Å². The zero-order valence-corrected chi connectivity index (χ0v) is 13.3. The van der Waals surface area contributed by atoms with Crippen molar-refractivity contribution < 1.29 is 13.2 Å². The van der Waals surface area contributed by atoms with Crippen molar-refractivity contribution in [3.8, 4) is 0 Å². The fourth-order valence-corrected chi connectivity index (χ4v) is 3.39. The van der Waals surface area contributed by atoms with Crippen molar-refractivity contribution in [2.24, 2.45) is 0 Å². The number of methoxy groups -OCH3 is 1. The van der Waals surface area contributed by atoms with Crippen LogP contribution >= 0.6 is 11.6 Å². The Labute approximate surface area is 120 Å². The minimum Gasteiger partial charge on any atom is -0.380 e. The van der Waals surface area contributed by atoms with Crippen LogP contribution in [0.15, 0.2) is 23.1 Å². The summed E-state index contributed by atoms with van der Waals surface area (Å²) in [6.07, 6.45) is -0.156. The number of ether oxygens (including phenoxy) is 1. The van der Waals surface area contributed by atoms with Crippen LogP contribution in [-0.2, 0) is 20.6 Å². The van der Waals surface area contributed by atoms with E-state index in [-0.39, 0.29) is 6.10 Å². The average Bonchev–Trinajstić information content (AvgIpc) is 2.38. The number of sulfonamides is 1. The van der Waals surface area contributed by atoms with E-state index in [1.807, 2.05) is 13.0 Å². The molecule has 1 rings (SSSR count). The number of benzene rings is 1. The highest BCUT2D eigenvalue weighted by molar-refractivity contribution is 7.89. The zero-order valence-electron chi connectivity index (χ0n) is 11.7. The van der Waals surface area contributed by atoms with E-state index in [0.717, 1.165) is 5.56 Å². The SMILES string of the molecule is COC(C)CN(C)S(=O)(=O)c1cc(CCl)ccc1C. The maximum Gasteiger partial charge on any atom is 0.243 e. The first kappa shape index (κ1) is 16.4. The molecule has 1 unspecified atom stereocenters. The molecule has 108 valence electrons. The van der Waals surface area contributed by atoms with Crippen LogP contribution in [0.3, 0.4) is 0 Å². The minimum absolute atomic E-state index is 0.156. The quantitative estimate of drug-likeness (QED) is 0.758. The lowest BCUT2D eigenvalue weighted by molar-refractivity contribution is 0.104. The molecule has 1 atom stereocenters. The Balaban J connectivity index is 3.12. The number of nitrogens with zero attached hydrogens (tertiary/aromatic N) is 1. The van der Waals surface area contributed by atoms with Gasteiger partial charge in [-0.05, 0) is 31.0 Å². The van der Waals surface area contributed by atoms with Crippen molar-refractivity contribution in [3.05, 3.63) is 29.3 Å². The number of aryl methyl sites for hydroxylation is 1. The summed E-state index contributed by atoms with van der Waals surface area (Å²) in [5.74, 6) is 0.293. The highest BCUT2D eigenvalue weighted by atomic mass is 35.5. The first-order valence-corrected chi connectivity index (χ1v) is 7.95. The molecule has 6 heteroatoms. The molecule has 4 nitrogen and oxygen atoms in total. The molecule has 0 spiro atoms. The van der Waals surface area contributed by atoms with E-state index in [1.54, 1.807) is 33.2 Å². The fourth-order valence-electron chi connectivity index (χ4n) is 1.71. The van der Waals surface area contributed by atoms with Gasteiger partial charge in [0.2, 0.25) is 10.0 Å². The standard InChI is InChI=1S/C13H20ClNO3S/c1-10-5-6-12(8-14)7-13(10)19(16,17)15(3)9-11(2)18-4/h5-7,11H,8-9H2,1-4H3. The Kier molecular flexibility index (Phi) is 5.80. The minimum atomic E-state index is -3.51. The lowest BCUT2D eigenvalue weighted by atomic mass is 10.2. The monoisotopic (exact) mass is 305 g/mol. The van der Waals surface area contributed by atoms with Crippen molar-refractivity contribution in [1.82, 2.24) is 4.31 Å². The molecule has 1 aromatic carbocycles. The number of rotatable bonds is 6. The van der Waals surface area contributed by atoms with Gasteiger partial charge in [-0.1, -0.05) is 12.1 Å². The lowest BCUT2D eigenvalue weighted by Crippen LogP contribution is -2.34. The highest BCUT2D eigenvalue weighted by Gasteiger charge is 2.24. The van der Waals surface area contributed by atoms with Crippen molar-refractivity contribution in [2.45, 2.75) is 30.7 Å². The topological polar surface area (TPSA) is 46.6 Å². The number of hydrogen-bond acceptors (Lipinski definition) is 3. The van der Waals surface area contributed by atoms with Gasteiger partial charge in [0.05, 0.1) is 11.0 Å². The summed E-state index contributed by atoms with van der Waals surface area (Å²) in [6.45, 7) is 3.91. The summed E-state index contributed by atoms with van der Waals surface area (Å²) in [7, 11) is -0.399. The maximum atomic E-state index is 12.5. The molecule has 0 aliphatic carbocycles. The van der Waals surface area contributed by atoms with E-state index in [9.17, 15) is 8.42 Å². The van der Waals surface area contributed by atoms with Crippen LogP contribution in [0, 0.1) is 6.92 Å². The number of hydrogen-bond donors (Lipinski definition) is 0. The summed E-state index contributed by atoms with van der Waals surface area (Å²) in [5, 5.41) is 0. The Morgan fingerprint density at radius 2 is 2.05 bits per heavy atom. The lowest BCUT2D eigenvalue weighted by Gasteiger charge is -2.21. The molecular formula is C13H20ClNO3S. The van der Waals surface area contributed by atoms with Crippen LogP contribution in [0.5, 0.6) is 0 Å². The van der Waals surface area contributed by atoms with Crippen molar-refractivity contribution in [2.75, 3.05) is 20.7 Å². The first-order chi connectivity index (χ1) is 8.82. The Morgan fingerprint density at radius 1 is 1.42 bits per heavy atom. The average molecular weight is 306 g/mol. The molecule has 0 aliphatic heterocycles. The second kappa shape index (κ2) is 6.70. The van der Waals surface area contributed by atoms with E-state index >= 15 is 0 Å². The van der Waals surface area contributed by atoms with E-state index in [2.05, 4.69) is 0 Å². The molecule has 0 amide bonds. The Morgan fingerprint density at radius 3 is 2.58 bits per heavy atom. The Bertz CT molecular complexity index is 531. The van der Waals surface area contributed by atoms with Gasteiger partial charge in [0, 0.05) is 26.6 Å². The molecule has 0 saturated carbocycles. The predicted octanol–water partition coefficient (Wildman–Crippen LogP) is 2.39. The van der Waals surface area contributed by atoms with Crippen LogP contribution < -0.4 is 0 Å². The van der Waals surface area contributed by atoms with Crippen molar-refractivity contribution in [3.63, 3.8) is 0 Å². The van der Waals surface area contributed by atoms with Gasteiger partial charge in [0.25, 0.3) is 0 Å². The predicted molar refractivity (Wildman–Crippen MR) is 77.0 cm³/mol. The molecule has 0 fully saturated rings. The summed E-state index contributed by atoms with van der Waals surface area (Å²) >= 11 is 5.76. The van der Waals surface area contributed by atoms with Gasteiger partial charge < -0.3 is 4.74 Å². The molecule has 0 bridgehead atoms. The molecule has 19 heavy (non-hydrogen) atoms. The summed E-state index contributed by atoms with van der Waals surface area (Å²) < 4.78 is 31.4. The third-order valence-electron chi connectivity index (χ3n) is 3.01. The van der Waals surface area contributed by atoms with Gasteiger partial charge in [-0.2, -0.15) is 4.31 Å². The number of likely N-dealkylation sites (N-methyl/N-ethyl adjacent to an activating group) is 1. The van der Waals surface area contributed by atoms with Crippen LogP contribution in [0.25, 0.3) is 0 Å². The summed E-state index contributed by atoms with van der Waals surface area (Å²) in [4.78, 5) is 0.302. The maximum absolute atomic E-state index is 12.5. The highest BCUT2D eigenvalue weighted by Crippen LogP contribution is 2.21. The third kappa shape index (κ3) is 3.92. The molecular weight excluding hydrogens is 286 g/mol. The molecule has 0 heterocycles. The molecule has 1 aromatic rings. The second-order valence-corrected chi connectivity index (χ2v) is 6.85. The Hall–Kier alpha value is -0.620. The van der Waals surface area contributed by atoms with Gasteiger partial charge in [0.15, 0.2) is 0 Å². The van der Waals surface area contributed by atoms with Gasteiger partial charge in [0.1, 0.15) is 0 Å². The van der Waals surface area contributed by atoms with Crippen LogP contribution in [0.4, 0.5) is 0 Å². The zero-order chi connectivity index (χ0) is 14.6. The van der Waals surface area contributed by atoms with E-state index in [1.165, 1.54) is 4.31 Å². The van der Waals surface area contributed by atoms with Crippen molar-refractivity contribution in [1.29, 1.82) is 0 Å². The normalized spacial score (nSPS) is 13.8. The molecule has 0 saturated heterocycles. The third-order valence-corrected chi connectivity index (χ3v) is 5.29. The number of alkyl halides is 1. The number of halogens is 1. The molecule has 0 radical (unpaired) electrons. The summed E-state index contributed by atoms with van der Waals surface area (Å²) in [6, 6.07) is 5.24. The smallest absolute Gasteiger partial charge is 0.243 e. The summed E-state index contributed by atoms with van der Waals surface area (Å²) in [5.41, 5.74) is 1.50. The largest absolute Gasteiger partial charge is 0.380 e. The van der Waals surface area contributed by atoms with Crippen LogP contribution in [0.1, 0.15) is 18.1 Å². The van der Waals surface area contributed by atoms with Crippen LogP contribution in [0.2, 0.25) is 0 Å². The molecule has 0 aromatic heterocycles. The van der Waals surface area contributed by atoms with Crippen LogP contribution in [-0.4, -0.2) is 39.5 Å².